The van der Waals surface area contributed by atoms with Crippen LogP contribution in [0, 0.1) is 0 Å². The normalized spacial score (nSPS) is 11.0. The van der Waals surface area contributed by atoms with Crippen LogP contribution in [0.5, 0.6) is 0 Å². The largest absolute Gasteiger partial charge is 0.330 e. The third-order valence-electron chi connectivity index (χ3n) is 4.36. The van der Waals surface area contributed by atoms with Gasteiger partial charge in [0.1, 0.15) is 5.69 Å². The SMILES string of the molecule is CCCCCCCCCCCCn1ccnc1-c1ccccn1. The number of unbranched alkanes of at least 4 members (excludes halogenated alkanes) is 9. The predicted molar refractivity (Wildman–Crippen MR) is 97.3 cm³/mol. The smallest absolute Gasteiger partial charge is 0.158 e. The molecular weight excluding hydrogens is 282 g/mol. The fourth-order valence-corrected chi connectivity index (χ4v) is 2.99. The molecule has 0 N–H and O–H groups in total. The maximum absolute atomic E-state index is 4.45. The highest BCUT2D eigenvalue weighted by Crippen LogP contribution is 2.16. The molecule has 126 valence electrons. The lowest BCUT2D eigenvalue weighted by Crippen LogP contribution is -2.00. The molecular formula is C20H31N3. The van der Waals surface area contributed by atoms with Gasteiger partial charge in [0.05, 0.1) is 0 Å². The third kappa shape index (κ3) is 6.55. The van der Waals surface area contributed by atoms with Gasteiger partial charge in [0.15, 0.2) is 5.82 Å². The van der Waals surface area contributed by atoms with Gasteiger partial charge in [0.25, 0.3) is 0 Å². The van der Waals surface area contributed by atoms with Crippen molar-refractivity contribution in [3.8, 4) is 11.5 Å². The van der Waals surface area contributed by atoms with Gasteiger partial charge >= 0.3 is 0 Å². The van der Waals surface area contributed by atoms with Gasteiger partial charge in [-0.05, 0) is 18.6 Å². The lowest BCUT2D eigenvalue weighted by molar-refractivity contribution is 0.536. The number of nitrogens with zero attached hydrogens (tertiary/aromatic N) is 3. The number of imidazole rings is 1. The number of hydrogen-bond acceptors (Lipinski definition) is 2. The molecule has 3 heteroatoms. The number of aromatic nitrogens is 3. The molecule has 2 rings (SSSR count). The van der Waals surface area contributed by atoms with Gasteiger partial charge in [-0.1, -0.05) is 70.8 Å². The monoisotopic (exact) mass is 313 g/mol. The molecule has 0 fully saturated rings. The molecule has 0 spiro atoms. The van der Waals surface area contributed by atoms with Crippen LogP contribution in [0.3, 0.4) is 0 Å². The van der Waals surface area contributed by atoms with Gasteiger partial charge in [-0.15, -0.1) is 0 Å². The molecule has 0 aliphatic heterocycles. The molecule has 0 saturated carbocycles. The minimum Gasteiger partial charge on any atom is -0.330 e. The van der Waals surface area contributed by atoms with Crippen LogP contribution in [0.2, 0.25) is 0 Å². The minimum atomic E-state index is 0.963. The van der Waals surface area contributed by atoms with Crippen molar-refractivity contribution in [3.05, 3.63) is 36.8 Å². The standard InChI is InChI=1S/C20H31N3/c1-2-3-4-5-6-7-8-9-10-13-17-23-18-16-22-20(23)19-14-11-12-15-21-19/h11-12,14-16,18H,2-10,13,17H2,1H3. The van der Waals surface area contributed by atoms with E-state index in [9.17, 15) is 0 Å². The molecule has 0 atom stereocenters. The van der Waals surface area contributed by atoms with Crippen molar-refractivity contribution in [2.45, 2.75) is 77.7 Å². The Morgan fingerprint density at radius 2 is 1.48 bits per heavy atom. The molecule has 0 unspecified atom stereocenters. The third-order valence-corrected chi connectivity index (χ3v) is 4.36. The van der Waals surface area contributed by atoms with Gasteiger partial charge < -0.3 is 4.57 Å². The van der Waals surface area contributed by atoms with Crippen LogP contribution in [0.1, 0.15) is 71.1 Å². The topological polar surface area (TPSA) is 30.7 Å². The summed E-state index contributed by atoms with van der Waals surface area (Å²) >= 11 is 0. The first-order valence-electron chi connectivity index (χ1n) is 9.34. The zero-order chi connectivity index (χ0) is 16.2. The Kier molecular flexibility index (Phi) is 8.46. The highest BCUT2D eigenvalue weighted by atomic mass is 15.1. The van der Waals surface area contributed by atoms with E-state index >= 15 is 0 Å². The Bertz CT molecular complexity index is 519. The molecule has 0 amide bonds. The minimum absolute atomic E-state index is 0.963. The van der Waals surface area contributed by atoms with E-state index in [1.165, 1.54) is 64.2 Å². The highest BCUT2D eigenvalue weighted by molar-refractivity contribution is 5.48. The van der Waals surface area contributed by atoms with Crippen molar-refractivity contribution in [1.29, 1.82) is 0 Å². The summed E-state index contributed by atoms with van der Waals surface area (Å²) in [6, 6.07) is 5.98. The van der Waals surface area contributed by atoms with E-state index in [1.54, 1.807) is 0 Å². The zero-order valence-electron chi connectivity index (χ0n) is 14.6. The van der Waals surface area contributed by atoms with Crippen LogP contribution < -0.4 is 0 Å². The molecule has 23 heavy (non-hydrogen) atoms. The first kappa shape index (κ1) is 17.7. The Morgan fingerprint density at radius 1 is 0.783 bits per heavy atom. The fraction of sp³-hybridized carbons (Fsp3) is 0.600. The molecule has 0 bridgehead atoms. The Labute approximate surface area is 141 Å². The van der Waals surface area contributed by atoms with Gasteiger partial charge in [-0.2, -0.15) is 0 Å². The summed E-state index contributed by atoms with van der Waals surface area (Å²) in [5.41, 5.74) is 0.963. The van der Waals surface area contributed by atoms with Crippen molar-refractivity contribution in [2.24, 2.45) is 0 Å². The number of rotatable bonds is 12. The summed E-state index contributed by atoms with van der Waals surface area (Å²) in [7, 11) is 0. The molecule has 2 aromatic rings. The van der Waals surface area contributed by atoms with Gasteiger partial charge in [-0.25, -0.2) is 4.98 Å². The number of hydrogen-bond donors (Lipinski definition) is 0. The maximum Gasteiger partial charge on any atom is 0.158 e. The highest BCUT2D eigenvalue weighted by Gasteiger charge is 2.05. The molecule has 2 heterocycles. The predicted octanol–water partition coefficient (Wildman–Crippen LogP) is 5.87. The lowest BCUT2D eigenvalue weighted by atomic mass is 10.1. The van der Waals surface area contributed by atoms with E-state index in [2.05, 4.69) is 27.7 Å². The number of pyridine rings is 1. The van der Waals surface area contributed by atoms with Crippen molar-refractivity contribution < 1.29 is 0 Å². The van der Waals surface area contributed by atoms with Crippen LogP contribution >= 0.6 is 0 Å². The summed E-state index contributed by atoms with van der Waals surface area (Å²) < 4.78 is 2.23. The molecule has 3 nitrogen and oxygen atoms in total. The van der Waals surface area contributed by atoms with E-state index in [4.69, 9.17) is 0 Å². The summed E-state index contributed by atoms with van der Waals surface area (Å²) in [6.45, 7) is 3.32. The van der Waals surface area contributed by atoms with Crippen LogP contribution in [-0.4, -0.2) is 14.5 Å². The van der Waals surface area contributed by atoms with Crippen LogP contribution in [0.4, 0.5) is 0 Å². The number of aryl methyl sites for hydroxylation is 1. The lowest BCUT2D eigenvalue weighted by Gasteiger charge is -2.07. The average molecular weight is 313 g/mol. The Balaban J connectivity index is 1.58. The Morgan fingerprint density at radius 3 is 2.13 bits per heavy atom. The molecule has 0 radical (unpaired) electrons. The first-order chi connectivity index (χ1) is 11.4. The van der Waals surface area contributed by atoms with Crippen molar-refractivity contribution >= 4 is 0 Å². The maximum atomic E-state index is 4.45. The first-order valence-corrected chi connectivity index (χ1v) is 9.34. The van der Waals surface area contributed by atoms with Crippen LogP contribution in [-0.2, 0) is 6.54 Å². The summed E-state index contributed by atoms with van der Waals surface area (Å²) in [6.07, 6.45) is 19.5. The molecule has 0 aromatic carbocycles. The van der Waals surface area contributed by atoms with E-state index < -0.39 is 0 Å². The Hall–Kier alpha value is -1.64. The molecule has 0 aliphatic rings. The van der Waals surface area contributed by atoms with Gasteiger partial charge in [0.2, 0.25) is 0 Å². The van der Waals surface area contributed by atoms with Gasteiger partial charge in [-0.3, -0.25) is 4.98 Å². The van der Waals surface area contributed by atoms with Crippen molar-refractivity contribution in [1.82, 2.24) is 14.5 Å². The van der Waals surface area contributed by atoms with Crippen molar-refractivity contribution in [2.75, 3.05) is 0 Å². The van der Waals surface area contributed by atoms with Gasteiger partial charge in [0, 0.05) is 25.1 Å². The van der Waals surface area contributed by atoms with E-state index in [1.807, 2.05) is 30.6 Å². The summed E-state index contributed by atoms with van der Waals surface area (Å²) in [5, 5.41) is 0. The second-order valence-corrected chi connectivity index (χ2v) is 6.34. The van der Waals surface area contributed by atoms with Crippen LogP contribution in [0.15, 0.2) is 36.8 Å². The second-order valence-electron chi connectivity index (χ2n) is 6.34. The van der Waals surface area contributed by atoms with E-state index in [0.717, 1.165) is 18.1 Å². The average Bonchev–Trinajstić information content (AvgIpc) is 3.06. The summed E-state index contributed by atoms with van der Waals surface area (Å²) in [4.78, 5) is 8.85. The van der Waals surface area contributed by atoms with E-state index in [-0.39, 0.29) is 0 Å². The fourth-order valence-electron chi connectivity index (χ4n) is 2.99. The quantitative estimate of drug-likeness (QED) is 0.459. The van der Waals surface area contributed by atoms with Crippen LogP contribution in [0.25, 0.3) is 11.5 Å². The summed E-state index contributed by atoms with van der Waals surface area (Å²) in [5.74, 6) is 0.988. The molecule has 0 aliphatic carbocycles. The van der Waals surface area contributed by atoms with Crippen molar-refractivity contribution in [3.63, 3.8) is 0 Å². The zero-order valence-corrected chi connectivity index (χ0v) is 14.6. The van der Waals surface area contributed by atoms with E-state index in [0.29, 0.717) is 0 Å². The second kappa shape index (κ2) is 11.0. The molecule has 2 aromatic heterocycles. The molecule has 0 saturated heterocycles.